The summed E-state index contributed by atoms with van der Waals surface area (Å²) in [5.74, 6) is 0. The van der Waals surface area contributed by atoms with Crippen LogP contribution in [0.25, 0.3) is 94.9 Å². The molecule has 10 rings (SSSR count). The van der Waals surface area contributed by atoms with Crippen LogP contribution in [0.1, 0.15) is 0 Å². The van der Waals surface area contributed by atoms with Crippen LogP contribution in [0.2, 0.25) is 0 Å². The lowest BCUT2D eigenvalue weighted by Gasteiger charge is -2.19. The van der Waals surface area contributed by atoms with Gasteiger partial charge in [0.1, 0.15) is 0 Å². The predicted octanol–water partition coefficient (Wildman–Crippen LogP) is 12.2. The van der Waals surface area contributed by atoms with Crippen molar-refractivity contribution in [1.82, 2.24) is 0 Å². The second-order valence-corrected chi connectivity index (χ2v) is 13.1. The highest BCUT2D eigenvalue weighted by Gasteiger charge is 2.23. The first-order chi connectivity index (χ1) is 19.4. The molecule has 10 aromatic rings. The summed E-state index contributed by atoms with van der Waals surface area (Å²) in [6.45, 7) is 0. The summed E-state index contributed by atoms with van der Waals surface area (Å²) in [5.41, 5.74) is 0. The van der Waals surface area contributed by atoms with E-state index in [9.17, 15) is 0 Å². The van der Waals surface area contributed by atoms with Gasteiger partial charge >= 0.3 is 0 Å². The maximum atomic E-state index is 2.36. The lowest BCUT2D eigenvalue weighted by molar-refractivity contribution is 1.84. The zero-order valence-electron chi connectivity index (χ0n) is 20.6. The van der Waals surface area contributed by atoms with Crippen molar-refractivity contribution in [3.8, 4) is 0 Å². The Morgan fingerprint density at radius 3 is 0.821 bits per heavy atom. The fourth-order valence-electron chi connectivity index (χ4n) is 7.21. The summed E-state index contributed by atoms with van der Waals surface area (Å²) < 4.78 is 4.15. The average molecular weight is 547 g/mol. The van der Waals surface area contributed by atoms with Crippen molar-refractivity contribution in [3.05, 3.63) is 107 Å². The van der Waals surface area contributed by atoms with Crippen molar-refractivity contribution in [2.24, 2.45) is 0 Å². The maximum Gasteiger partial charge on any atom is 0.0427 e. The highest BCUT2D eigenvalue weighted by Crippen LogP contribution is 2.53. The van der Waals surface area contributed by atoms with Crippen molar-refractivity contribution in [2.75, 3.05) is 0 Å². The molecule has 0 spiro atoms. The molecular weight excluding hydrogens is 529 g/mol. The van der Waals surface area contributed by atoms with E-state index in [-0.39, 0.29) is 0 Å². The van der Waals surface area contributed by atoms with Gasteiger partial charge in [0.2, 0.25) is 0 Å². The molecule has 0 atom stereocenters. The number of rotatable bonds is 0. The van der Waals surface area contributed by atoms with Gasteiger partial charge in [0.25, 0.3) is 0 Å². The van der Waals surface area contributed by atoms with Gasteiger partial charge in [0.15, 0.2) is 0 Å². The van der Waals surface area contributed by atoms with Crippen molar-refractivity contribution >= 4 is 129 Å². The van der Waals surface area contributed by atoms with Gasteiger partial charge in [-0.2, -0.15) is 0 Å². The summed E-state index contributed by atoms with van der Waals surface area (Å²) in [5, 5.41) is 27.5. The van der Waals surface area contributed by atoms with Gasteiger partial charge in [-0.15, -0.1) is 34.0 Å². The normalized spacial score (nSPS) is 12.6. The van der Waals surface area contributed by atoms with Crippen molar-refractivity contribution in [1.29, 1.82) is 0 Å². The molecule has 0 N–H and O–H groups in total. The zero-order valence-corrected chi connectivity index (χ0v) is 23.1. The summed E-state index contributed by atoms with van der Waals surface area (Å²) in [6, 6.07) is 34.3. The Labute approximate surface area is 234 Å². The SMILES string of the molecule is c1ccc2c(c1)c1sccc1c1c3c4ccccc4c4sccc4c3c3c4ccccc4c4sccc4c3c21. The third-order valence-corrected chi connectivity index (χ3v) is 11.5. The van der Waals surface area contributed by atoms with Crippen LogP contribution in [0.15, 0.2) is 107 Å². The van der Waals surface area contributed by atoms with Gasteiger partial charge < -0.3 is 0 Å². The predicted molar refractivity (Wildman–Crippen MR) is 178 cm³/mol. The van der Waals surface area contributed by atoms with Gasteiger partial charge in [0.05, 0.1) is 0 Å². The molecule has 0 unspecified atom stereocenters. The maximum absolute atomic E-state index is 2.36. The standard InChI is InChI=1S/C36H18S3/c1-4-10-22-19(7-1)28-31(25-13-16-37-34(22)25)29-21-9-3-6-12-24(21)36-27(15-18-39-36)33(29)30-20-8-2-5-11-23(20)35-26(32(28)30)14-17-38-35/h1-18H. The van der Waals surface area contributed by atoms with E-state index < -0.39 is 0 Å². The van der Waals surface area contributed by atoms with Crippen LogP contribution in [0.4, 0.5) is 0 Å². The van der Waals surface area contributed by atoms with Crippen LogP contribution < -0.4 is 0 Å². The second-order valence-electron chi connectivity index (χ2n) is 10.4. The van der Waals surface area contributed by atoms with E-state index in [2.05, 4.69) is 107 Å². The molecule has 180 valence electrons. The van der Waals surface area contributed by atoms with E-state index in [1.54, 1.807) is 0 Å². The van der Waals surface area contributed by atoms with E-state index in [4.69, 9.17) is 0 Å². The molecule has 0 bridgehead atoms. The number of hydrogen-bond donors (Lipinski definition) is 0. The molecule has 0 aliphatic carbocycles. The fraction of sp³-hybridized carbons (Fsp3) is 0. The largest absolute Gasteiger partial charge is 0.143 e. The minimum absolute atomic E-state index is 1.35. The zero-order chi connectivity index (χ0) is 25.2. The van der Waals surface area contributed by atoms with Gasteiger partial charge in [-0.1, -0.05) is 72.8 Å². The summed E-state index contributed by atoms with van der Waals surface area (Å²) in [6.07, 6.45) is 0. The molecule has 0 saturated heterocycles. The van der Waals surface area contributed by atoms with Gasteiger partial charge in [-0.3, -0.25) is 0 Å². The molecule has 39 heavy (non-hydrogen) atoms. The molecule has 0 amide bonds. The molecule has 0 aliphatic heterocycles. The van der Waals surface area contributed by atoms with Crippen LogP contribution in [0.3, 0.4) is 0 Å². The lowest BCUT2D eigenvalue weighted by atomic mass is 9.83. The topological polar surface area (TPSA) is 0 Å². The summed E-state index contributed by atoms with van der Waals surface area (Å²) in [7, 11) is 0. The van der Waals surface area contributed by atoms with Gasteiger partial charge in [-0.05, 0) is 66.7 Å². The summed E-state index contributed by atoms with van der Waals surface area (Å²) >= 11 is 5.60. The highest BCUT2D eigenvalue weighted by atomic mass is 32.1. The first kappa shape index (κ1) is 20.9. The molecular formula is C36H18S3. The van der Waals surface area contributed by atoms with Crippen LogP contribution >= 0.6 is 34.0 Å². The molecule has 3 heterocycles. The molecule has 0 saturated carbocycles. The lowest BCUT2D eigenvalue weighted by Crippen LogP contribution is -1.91. The first-order valence-electron chi connectivity index (χ1n) is 13.2. The Kier molecular flexibility index (Phi) is 3.93. The number of hydrogen-bond acceptors (Lipinski definition) is 3. The van der Waals surface area contributed by atoms with Gasteiger partial charge in [0, 0.05) is 62.6 Å². The number of thiophene rings is 3. The molecule has 3 heteroatoms. The van der Waals surface area contributed by atoms with Gasteiger partial charge in [-0.25, -0.2) is 0 Å². The molecule has 7 aromatic carbocycles. The van der Waals surface area contributed by atoms with E-state index in [1.165, 1.54) is 94.9 Å². The quantitative estimate of drug-likeness (QED) is 0.166. The summed E-state index contributed by atoms with van der Waals surface area (Å²) in [4.78, 5) is 0. The van der Waals surface area contributed by atoms with Crippen molar-refractivity contribution < 1.29 is 0 Å². The Morgan fingerprint density at radius 2 is 0.513 bits per heavy atom. The second kappa shape index (κ2) is 7.34. The Morgan fingerprint density at radius 1 is 0.256 bits per heavy atom. The smallest absolute Gasteiger partial charge is 0.0427 e. The third kappa shape index (κ3) is 2.45. The molecule has 3 aromatic heterocycles. The minimum atomic E-state index is 1.35. The number of benzene rings is 7. The van der Waals surface area contributed by atoms with E-state index in [1.807, 2.05) is 34.0 Å². The van der Waals surface area contributed by atoms with Crippen LogP contribution in [0, 0.1) is 0 Å². The van der Waals surface area contributed by atoms with Crippen molar-refractivity contribution in [3.63, 3.8) is 0 Å². The monoisotopic (exact) mass is 546 g/mol. The van der Waals surface area contributed by atoms with E-state index >= 15 is 0 Å². The van der Waals surface area contributed by atoms with Crippen LogP contribution in [0.5, 0.6) is 0 Å². The highest BCUT2D eigenvalue weighted by molar-refractivity contribution is 7.19. The average Bonchev–Trinajstić information content (AvgIpc) is 3.77. The molecule has 0 fully saturated rings. The minimum Gasteiger partial charge on any atom is -0.143 e. The fourth-order valence-corrected chi connectivity index (χ4v) is 10.0. The Hall–Kier alpha value is -4.02. The molecule has 0 nitrogen and oxygen atoms in total. The van der Waals surface area contributed by atoms with E-state index in [0.717, 1.165) is 0 Å². The third-order valence-electron chi connectivity index (χ3n) is 8.63. The van der Waals surface area contributed by atoms with E-state index in [0.29, 0.717) is 0 Å². The Balaban J connectivity index is 1.77. The Bertz CT molecular complexity index is 2340. The molecule has 0 aliphatic rings. The molecule has 0 radical (unpaired) electrons. The van der Waals surface area contributed by atoms with Crippen LogP contribution in [-0.4, -0.2) is 0 Å². The number of fused-ring (bicyclic) bond motifs is 21. The van der Waals surface area contributed by atoms with Crippen LogP contribution in [-0.2, 0) is 0 Å². The van der Waals surface area contributed by atoms with Crippen molar-refractivity contribution in [2.45, 2.75) is 0 Å². The first-order valence-corrected chi connectivity index (χ1v) is 15.8.